The lowest BCUT2D eigenvalue weighted by Gasteiger charge is -2.33. The topological polar surface area (TPSA) is 50.3 Å². The van der Waals surface area contributed by atoms with Crippen molar-refractivity contribution < 1.29 is 8.42 Å². The summed E-state index contributed by atoms with van der Waals surface area (Å²) in [5.74, 6) is 0. The van der Waals surface area contributed by atoms with Crippen LogP contribution in [0.3, 0.4) is 0 Å². The molecule has 7 heteroatoms. The first-order valence-corrected chi connectivity index (χ1v) is 8.83. The normalized spacial score (nSPS) is 26.2. The first-order chi connectivity index (χ1) is 8.39. The first-order valence-electron chi connectivity index (χ1n) is 5.66. The van der Waals surface area contributed by atoms with Gasteiger partial charge < -0.3 is 0 Å². The van der Waals surface area contributed by atoms with Gasteiger partial charge in [0.2, 0.25) is 10.0 Å². The molecule has 4 nitrogen and oxygen atoms in total. The van der Waals surface area contributed by atoms with Gasteiger partial charge in [-0.1, -0.05) is 13.8 Å². The number of aromatic nitrogens is 1. The maximum Gasteiger partial charge on any atom is 0.244 e. The minimum Gasteiger partial charge on any atom is -0.262 e. The summed E-state index contributed by atoms with van der Waals surface area (Å²) < 4.78 is 27.2. The third-order valence-corrected chi connectivity index (χ3v) is 6.16. The molecule has 1 aromatic heterocycles. The highest BCUT2D eigenvalue weighted by atomic mass is 79.9. The molecule has 0 saturated carbocycles. The molecule has 0 amide bonds. The van der Waals surface area contributed by atoms with Gasteiger partial charge in [-0.15, -0.1) is 0 Å². The van der Waals surface area contributed by atoms with E-state index in [0.29, 0.717) is 28.1 Å². The number of hydrogen-bond acceptors (Lipinski definition) is 4. The van der Waals surface area contributed by atoms with E-state index in [-0.39, 0.29) is 4.90 Å². The molecule has 0 bridgehead atoms. The maximum atomic E-state index is 12.5. The Morgan fingerprint density at radius 3 is 2.50 bits per heavy atom. The lowest BCUT2D eigenvalue weighted by molar-refractivity contribution is 0.404. The smallest absolute Gasteiger partial charge is 0.244 e. The number of rotatable bonds is 2. The predicted octanol–water partition coefficient (Wildman–Crippen LogP) is 2.36. The van der Waals surface area contributed by atoms with Crippen molar-refractivity contribution >= 4 is 37.7 Å². The Balaban J connectivity index is 2.31. The second kappa shape index (κ2) is 5.48. The summed E-state index contributed by atoms with van der Waals surface area (Å²) >= 11 is 5.08. The summed E-state index contributed by atoms with van der Waals surface area (Å²) in [6.45, 7) is 5.23. The molecular formula is C11H15BrN2O2S2. The fourth-order valence-corrected chi connectivity index (χ4v) is 5.65. The van der Waals surface area contributed by atoms with Gasteiger partial charge in [0, 0.05) is 40.5 Å². The quantitative estimate of drug-likeness (QED) is 0.821. The summed E-state index contributed by atoms with van der Waals surface area (Å²) in [6, 6.07) is 1.60. The predicted molar refractivity (Wildman–Crippen MR) is 77.2 cm³/mol. The second-order valence-electron chi connectivity index (χ2n) is 4.42. The summed E-state index contributed by atoms with van der Waals surface area (Å²) in [5, 5.41) is 0.646. The molecule has 100 valence electrons. The van der Waals surface area contributed by atoms with Gasteiger partial charge >= 0.3 is 0 Å². The molecule has 2 unspecified atom stereocenters. The Morgan fingerprint density at radius 2 is 1.94 bits per heavy atom. The van der Waals surface area contributed by atoms with Crippen LogP contribution in [0.25, 0.3) is 0 Å². The van der Waals surface area contributed by atoms with E-state index in [1.807, 2.05) is 11.8 Å². The third-order valence-electron chi connectivity index (χ3n) is 2.70. The van der Waals surface area contributed by atoms with Gasteiger partial charge in [0.25, 0.3) is 0 Å². The van der Waals surface area contributed by atoms with Gasteiger partial charge in [0.05, 0.1) is 0 Å². The number of pyridine rings is 1. The zero-order chi connectivity index (χ0) is 13.3. The van der Waals surface area contributed by atoms with Gasteiger partial charge in [-0.05, 0) is 22.0 Å². The molecule has 2 rings (SSSR count). The Hall–Kier alpha value is -0.110. The summed E-state index contributed by atoms with van der Waals surface area (Å²) in [5.41, 5.74) is 0. The molecule has 1 saturated heterocycles. The largest absolute Gasteiger partial charge is 0.262 e. The Bertz CT molecular complexity index is 526. The van der Waals surface area contributed by atoms with Crippen LogP contribution in [0.2, 0.25) is 0 Å². The van der Waals surface area contributed by atoms with Crippen molar-refractivity contribution in [3.8, 4) is 0 Å². The molecule has 1 aromatic rings. The van der Waals surface area contributed by atoms with Crippen molar-refractivity contribution in [1.82, 2.24) is 9.29 Å². The van der Waals surface area contributed by atoms with Crippen molar-refractivity contribution in [2.45, 2.75) is 29.2 Å². The third kappa shape index (κ3) is 3.07. The van der Waals surface area contributed by atoms with Gasteiger partial charge in [-0.2, -0.15) is 16.1 Å². The lowest BCUT2D eigenvalue weighted by atomic mass is 10.4. The van der Waals surface area contributed by atoms with E-state index in [1.54, 1.807) is 16.6 Å². The number of sulfonamides is 1. The number of halogens is 1. The number of thioether (sulfide) groups is 1. The monoisotopic (exact) mass is 350 g/mol. The van der Waals surface area contributed by atoms with Crippen LogP contribution in [0, 0.1) is 0 Å². The molecule has 0 aliphatic carbocycles. The summed E-state index contributed by atoms with van der Waals surface area (Å²) in [4.78, 5) is 4.18. The molecule has 2 heterocycles. The highest BCUT2D eigenvalue weighted by Gasteiger charge is 2.32. The average Bonchev–Trinajstić information content (AvgIpc) is 2.27. The van der Waals surface area contributed by atoms with Crippen LogP contribution in [-0.4, -0.2) is 41.3 Å². The van der Waals surface area contributed by atoms with E-state index in [9.17, 15) is 8.42 Å². The molecule has 0 aromatic carbocycles. The fourth-order valence-electron chi connectivity index (χ4n) is 2.01. The van der Waals surface area contributed by atoms with E-state index >= 15 is 0 Å². The van der Waals surface area contributed by atoms with Crippen LogP contribution in [0.5, 0.6) is 0 Å². The Kier molecular flexibility index (Phi) is 4.36. The molecule has 0 spiro atoms. The SMILES string of the molecule is CC1CN(S(=O)(=O)c2cncc(Br)c2)CC(C)S1. The van der Waals surface area contributed by atoms with E-state index in [2.05, 4.69) is 34.8 Å². The van der Waals surface area contributed by atoms with Crippen molar-refractivity contribution in [2.24, 2.45) is 0 Å². The van der Waals surface area contributed by atoms with Gasteiger partial charge in [0.1, 0.15) is 4.90 Å². The van der Waals surface area contributed by atoms with E-state index in [1.165, 1.54) is 6.20 Å². The summed E-state index contributed by atoms with van der Waals surface area (Å²) in [7, 11) is -3.42. The zero-order valence-corrected chi connectivity index (χ0v) is 13.4. The average molecular weight is 351 g/mol. The molecule has 0 radical (unpaired) electrons. The Morgan fingerprint density at radius 1 is 1.33 bits per heavy atom. The van der Waals surface area contributed by atoms with E-state index in [0.717, 1.165) is 0 Å². The highest BCUT2D eigenvalue weighted by Crippen LogP contribution is 2.29. The number of hydrogen-bond donors (Lipinski definition) is 0. The van der Waals surface area contributed by atoms with Gasteiger partial charge in [-0.25, -0.2) is 8.42 Å². The van der Waals surface area contributed by atoms with Crippen molar-refractivity contribution in [3.63, 3.8) is 0 Å². The minimum absolute atomic E-state index is 0.253. The first kappa shape index (κ1) is 14.3. The van der Waals surface area contributed by atoms with Crippen LogP contribution in [0.15, 0.2) is 27.8 Å². The molecule has 18 heavy (non-hydrogen) atoms. The van der Waals surface area contributed by atoms with E-state index < -0.39 is 10.0 Å². The molecule has 1 aliphatic rings. The van der Waals surface area contributed by atoms with Crippen LogP contribution >= 0.6 is 27.7 Å². The van der Waals surface area contributed by atoms with Gasteiger partial charge in [-0.3, -0.25) is 4.98 Å². The van der Waals surface area contributed by atoms with Crippen LogP contribution in [0.4, 0.5) is 0 Å². The molecule has 2 atom stereocenters. The minimum atomic E-state index is -3.42. The molecule has 0 N–H and O–H groups in total. The maximum absolute atomic E-state index is 12.5. The van der Waals surface area contributed by atoms with Crippen LogP contribution in [-0.2, 0) is 10.0 Å². The second-order valence-corrected chi connectivity index (χ2v) is 9.15. The highest BCUT2D eigenvalue weighted by molar-refractivity contribution is 9.10. The molecule has 1 aliphatic heterocycles. The van der Waals surface area contributed by atoms with Crippen LogP contribution in [0.1, 0.15) is 13.8 Å². The fraction of sp³-hybridized carbons (Fsp3) is 0.545. The standard InChI is InChI=1S/C11H15BrN2O2S2/c1-8-6-14(7-9(2)17-8)18(15,16)11-3-10(12)4-13-5-11/h3-5,8-9H,6-7H2,1-2H3. The molecule has 1 fully saturated rings. The number of nitrogens with zero attached hydrogens (tertiary/aromatic N) is 2. The van der Waals surface area contributed by atoms with Gasteiger partial charge in [0.15, 0.2) is 0 Å². The van der Waals surface area contributed by atoms with Crippen molar-refractivity contribution in [1.29, 1.82) is 0 Å². The van der Waals surface area contributed by atoms with Crippen molar-refractivity contribution in [2.75, 3.05) is 13.1 Å². The molecular weight excluding hydrogens is 336 g/mol. The zero-order valence-electron chi connectivity index (χ0n) is 10.2. The Labute approximate surface area is 120 Å². The summed E-state index contributed by atoms with van der Waals surface area (Å²) in [6.07, 6.45) is 2.98. The lowest BCUT2D eigenvalue weighted by Crippen LogP contribution is -2.43. The van der Waals surface area contributed by atoms with Crippen molar-refractivity contribution in [3.05, 3.63) is 22.9 Å². The van der Waals surface area contributed by atoms with Crippen LogP contribution < -0.4 is 0 Å². The van der Waals surface area contributed by atoms with E-state index in [4.69, 9.17) is 0 Å².